The van der Waals surface area contributed by atoms with Crippen molar-refractivity contribution in [3.8, 4) is 0 Å². The summed E-state index contributed by atoms with van der Waals surface area (Å²) < 4.78 is 1.26. The van der Waals surface area contributed by atoms with Gasteiger partial charge in [-0.15, -0.1) is 0 Å². The van der Waals surface area contributed by atoms with Crippen molar-refractivity contribution in [1.82, 2.24) is 9.88 Å². The van der Waals surface area contributed by atoms with E-state index in [1.54, 1.807) is 11.3 Å². The molecule has 0 saturated heterocycles. The van der Waals surface area contributed by atoms with Crippen molar-refractivity contribution in [2.75, 3.05) is 25.5 Å². The zero-order chi connectivity index (χ0) is 12.3. The lowest BCUT2D eigenvalue weighted by molar-refractivity contribution is 0.296. The first-order chi connectivity index (χ1) is 8.26. The Morgan fingerprint density at radius 1 is 1.29 bits per heavy atom. The molecule has 4 heteroatoms. The summed E-state index contributed by atoms with van der Waals surface area (Å²) in [5, 5.41) is 4.08. The summed E-state index contributed by atoms with van der Waals surface area (Å²) in [7, 11) is 1.91. The molecule has 92 valence electrons. The Kier molecular flexibility index (Phi) is 3.97. The average Bonchev–Trinajstić information content (AvgIpc) is 2.78. The summed E-state index contributed by atoms with van der Waals surface area (Å²) in [6.07, 6.45) is 0. The largest absolute Gasteiger partial charge is 0.365 e. The molecule has 0 fully saturated rings. The number of hydrogen-bond donors (Lipinski definition) is 1. The molecule has 0 aliphatic heterocycles. The fraction of sp³-hybridized carbons (Fsp3) is 0.462. The zero-order valence-electron chi connectivity index (χ0n) is 10.7. The van der Waals surface area contributed by atoms with Crippen LogP contribution in [0.5, 0.6) is 0 Å². The van der Waals surface area contributed by atoms with Crippen LogP contribution in [0.1, 0.15) is 19.4 Å². The summed E-state index contributed by atoms with van der Waals surface area (Å²) >= 11 is 1.71. The van der Waals surface area contributed by atoms with E-state index in [1.807, 2.05) is 7.05 Å². The van der Waals surface area contributed by atoms with Crippen LogP contribution in [0.4, 0.5) is 5.13 Å². The maximum atomic E-state index is 4.49. The fourth-order valence-corrected chi connectivity index (χ4v) is 2.76. The molecule has 0 aliphatic rings. The number of hydrogen-bond acceptors (Lipinski definition) is 4. The molecule has 0 saturated carbocycles. The Balaban J connectivity index is 2.24. The van der Waals surface area contributed by atoms with Gasteiger partial charge in [0.1, 0.15) is 0 Å². The third kappa shape index (κ3) is 2.76. The van der Waals surface area contributed by atoms with Crippen LogP contribution in [0, 0.1) is 0 Å². The number of thiazole rings is 1. The number of benzene rings is 1. The van der Waals surface area contributed by atoms with Gasteiger partial charge in [0.2, 0.25) is 0 Å². The molecular formula is C13H19N3S. The van der Waals surface area contributed by atoms with E-state index in [2.05, 4.69) is 47.2 Å². The molecule has 0 spiro atoms. The second kappa shape index (κ2) is 5.47. The maximum Gasteiger partial charge on any atom is 0.183 e. The molecule has 0 radical (unpaired) electrons. The fourth-order valence-electron chi connectivity index (χ4n) is 1.88. The van der Waals surface area contributed by atoms with E-state index in [1.165, 1.54) is 10.3 Å². The molecule has 0 aliphatic carbocycles. The van der Waals surface area contributed by atoms with Crippen LogP contribution < -0.4 is 5.32 Å². The van der Waals surface area contributed by atoms with Crippen LogP contribution >= 0.6 is 11.3 Å². The zero-order valence-corrected chi connectivity index (χ0v) is 11.5. The van der Waals surface area contributed by atoms with Crippen molar-refractivity contribution < 1.29 is 0 Å². The van der Waals surface area contributed by atoms with E-state index in [4.69, 9.17) is 0 Å². The molecule has 3 nitrogen and oxygen atoms in total. The molecule has 0 bridgehead atoms. The van der Waals surface area contributed by atoms with Gasteiger partial charge in [0, 0.05) is 13.6 Å². The molecule has 2 rings (SSSR count). The monoisotopic (exact) mass is 249 g/mol. The smallest absolute Gasteiger partial charge is 0.183 e. The van der Waals surface area contributed by atoms with E-state index >= 15 is 0 Å². The Bertz CT molecular complexity index is 488. The van der Waals surface area contributed by atoms with Gasteiger partial charge in [-0.25, -0.2) is 4.98 Å². The van der Waals surface area contributed by atoms with Crippen molar-refractivity contribution in [1.29, 1.82) is 0 Å². The SMILES string of the molecule is CCN(CC)Cc1ccc2nc(NC)sc2c1. The van der Waals surface area contributed by atoms with Crippen LogP contribution in [0.3, 0.4) is 0 Å². The van der Waals surface area contributed by atoms with Gasteiger partial charge in [0.25, 0.3) is 0 Å². The highest BCUT2D eigenvalue weighted by molar-refractivity contribution is 7.22. The molecule has 2 aromatic rings. The topological polar surface area (TPSA) is 28.2 Å². The molecule has 0 amide bonds. The van der Waals surface area contributed by atoms with Gasteiger partial charge in [-0.05, 0) is 30.8 Å². The van der Waals surface area contributed by atoms with Crippen molar-refractivity contribution in [3.63, 3.8) is 0 Å². The molecule has 0 unspecified atom stereocenters. The van der Waals surface area contributed by atoms with Gasteiger partial charge in [-0.3, -0.25) is 4.90 Å². The van der Waals surface area contributed by atoms with E-state index in [-0.39, 0.29) is 0 Å². The van der Waals surface area contributed by atoms with Gasteiger partial charge in [-0.2, -0.15) is 0 Å². The Morgan fingerprint density at radius 3 is 2.71 bits per heavy atom. The third-order valence-electron chi connectivity index (χ3n) is 2.97. The molecule has 1 N–H and O–H groups in total. The summed E-state index contributed by atoms with van der Waals surface area (Å²) in [5.41, 5.74) is 2.45. The standard InChI is InChI=1S/C13H19N3S/c1-4-16(5-2)9-10-6-7-11-12(8-10)17-13(14-3)15-11/h6-8H,4-5,9H2,1-3H3,(H,14,15). The van der Waals surface area contributed by atoms with Crippen LogP contribution in [-0.2, 0) is 6.54 Å². The van der Waals surface area contributed by atoms with Crippen LogP contribution in [-0.4, -0.2) is 30.0 Å². The summed E-state index contributed by atoms with van der Waals surface area (Å²) in [6, 6.07) is 6.55. The highest BCUT2D eigenvalue weighted by atomic mass is 32.1. The number of nitrogens with one attached hydrogen (secondary N) is 1. The molecule has 1 aromatic carbocycles. The third-order valence-corrected chi connectivity index (χ3v) is 4.00. The number of fused-ring (bicyclic) bond motifs is 1. The summed E-state index contributed by atoms with van der Waals surface area (Å²) in [6.45, 7) is 7.62. The normalized spacial score (nSPS) is 11.3. The number of aromatic nitrogens is 1. The van der Waals surface area contributed by atoms with Crippen LogP contribution in [0.25, 0.3) is 10.2 Å². The van der Waals surface area contributed by atoms with E-state index in [9.17, 15) is 0 Å². The van der Waals surface area contributed by atoms with E-state index in [0.717, 1.165) is 30.3 Å². The molecular weight excluding hydrogens is 230 g/mol. The molecule has 1 heterocycles. The first kappa shape index (κ1) is 12.3. The molecule has 0 atom stereocenters. The minimum absolute atomic E-state index is 0.986. The number of anilines is 1. The Morgan fingerprint density at radius 2 is 2.06 bits per heavy atom. The number of nitrogens with zero attached hydrogens (tertiary/aromatic N) is 2. The second-order valence-electron chi connectivity index (χ2n) is 4.03. The van der Waals surface area contributed by atoms with Gasteiger partial charge < -0.3 is 5.32 Å². The van der Waals surface area contributed by atoms with E-state index in [0.29, 0.717) is 0 Å². The predicted molar refractivity (Wildman–Crippen MR) is 75.8 cm³/mol. The quantitative estimate of drug-likeness (QED) is 0.882. The van der Waals surface area contributed by atoms with Crippen molar-refractivity contribution in [3.05, 3.63) is 23.8 Å². The van der Waals surface area contributed by atoms with Gasteiger partial charge in [-0.1, -0.05) is 31.3 Å². The first-order valence-electron chi connectivity index (χ1n) is 6.06. The highest BCUT2D eigenvalue weighted by Crippen LogP contribution is 2.26. The highest BCUT2D eigenvalue weighted by Gasteiger charge is 2.05. The number of rotatable bonds is 5. The molecule has 17 heavy (non-hydrogen) atoms. The van der Waals surface area contributed by atoms with E-state index < -0.39 is 0 Å². The lowest BCUT2D eigenvalue weighted by atomic mass is 10.2. The minimum Gasteiger partial charge on any atom is -0.365 e. The van der Waals surface area contributed by atoms with Crippen molar-refractivity contribution in [2.24, 2.45) is 0 Å². The Hall–Kier alpha value is -1.13. The minimum atomic E-state index is 0.986. The Labute approximate surface area is 106 Å². The van der Waals surface area contributed by atoms with Gasteiger partial charge in [0.05, 0.1) is 10.2 Å². The van der Waals surface area contributed by atoms with Crippen molar-refractivity contribution >= 4 is 26.7 Å². The summed E-state index contributed by atoms with van der Waals surface area (Å²) in [5.74, 6) is 0. The van der Waals surface area contributed by atoms with Gasteiger partial charge >= 0.3 is 0 Å². The van der Waals surface area contributed by atoms with Crippen molar-refractivity contribution in [2.45, 2.75) is 20.4 Å². The average molecular weight is 249 g/mol. The second-order valence-corrected chi connectivity index (χ2v) is 5.06. The predicted octanol–water partition coefficient (Wildman–Crippen LogP) is 3.18. The first-order valence-corrected chi connectivity index (χ1v) is 6.88. The molecule has 1 aromatic heterocycles. The lowest BCUT2D eigenvalue weighted by Gasteiger charge is -2.17. The van der Waals surface area contributed by atoms with Crippen LogP contribution in [0.2, 0.25) is 0 Å². The summed E-state index contributed by atoms with van der Waals surface area (Å²) in [4.78, 5) is 6.90. The van der Waals surface area contributed by atoms with Crippen LogP contribution in [0.15, 0.2) is 18.2 Å². The lowest BCUT2D eigenvalue weighted by Crippen LogP contribution is -2.21. The maximum absolute atomic E-state index is 4.49. The van der Waals surface area contributed by atoms with Gasteiger partial charge in [0.15, 0.2) is 5.13 Å².